The van der Waals surface area contributed by atoms with Crippen molar-refractivity contribution in [2.45, 2.75) is 11.9 Å². The maximum atomic E-state index is 6.00. The van der Waals surface area contributed by atoms with Gasteiger partial charge in [-0.1, -0.05) is 12.6 Å². The second-order valence-corrected chi connectivity index (χ2v) is 4.83. The highest BCUT2D eigenvalue weighted by atomic mass is 32.1. The van der Waals surface area contributed by atoms with E-state index in [4.69, 9.17) is 9.47 Å². The van der Waals surface area contributed by atoms with Gasteiger partial charge < -0.3 is 9.47 Å². The number of aromatic nitrogens is 2. The topological polar surface area (TPSA) is 44.2 Å². The summed E-state index contributed by atoms with van der Waals surface area (Å²) in [6, 6.07) is 3.77. The highest BCUT2D eigenvalue weighted by molar-refractivity contribution is 7.09. The van der Waals surface area contributed by atoms with Crippen LogP contribution in [0.1, 0.15) is 16.7 Å². The third kappa shape index (κ3) is 1.86. The average molecular weight is 260 g/mol. The van der Waals surface area contributed by atoms with E-state index < -0.39 is 5.79 Å². The number of nitrogens with zero attached hydrogens (tertiary/aromatic N) is 2. The zero-order valence-electron chi connectivity index (χ0n) is 9.65. The van der Waals surface area contributed by atoms with Crippen LogP contribution in [-0.2, 0) is 15.3 Å². The fraction of sp³-hybridized carbons (Fsp3) is 0.231. The highest BCUT2D eigenvalue weighted by Crippen LogP contribution is 2.41. The van der Waals surface area contributed by atoms with Crippen LogP contribution >= 0.6 is 11.3 Å². The molecule has 2 unspecified atom stereocenters. The number of ether oxygens (including phenoxy) is 2. The molecular weight excluding hydrogens is 248 g/mol. The SMILES string of the molecule is C=CC1(c2cccnc2)OCC(c2nccs2)O1. The molecule has 0 aromatic carbocycles. The van der Waals surface area contributed by atoms with Gasteiger partial charge in [-0.15, -0.1) is 11.3 Å². The Kier molecular flexibility index (Phi) is 2.95. The zero-order chi connectivity index (χ0) is 12.4. The van der Waals surface area contributed by atoms with E-state index in [1.54, 1.807) is 36.0 Å². The van der Waals surface area contributed by atoms with Gasteiger partial charge in [0.1, 0.15) is 11.1 Å². The Morgan fingerprint density at radius 1 is 1.50 bits per heavy atom. The molecule has 0 amide bonds. The minimum absolute atomic E-state index is 0.150. The van der Waals surface area contributed by atoms with Gasteiger partial charge in [-0.3, -0.25) is 4.98 Å². The Morgan fingerprint density at radius 2 is 2.44 bits per heavy atom. The third-order valence-electron chi connectivity index (χ3n) is 2.83. The van der Waals surface area contributed by atoms with Crippen LogP contribution in [0.5, 0.6) is 0 Å². The van der Waals surface area contributed by atoms with Gasteiger partial charge in [-0.25, -0.2) is 4.98 Å². The number of hydrogen-bond donors (Lipinski definition) is 0. The largest absolute Gasteiger partial charge is 0.339 e. The minimum Gasteiger partial charge on any atom is -0.339 e. The van der Waals surface area contributed by atoms with Crippen LogP contribution in [-0.4, -0.2) is 16.6 Å². The van der Waals surface area contributed by atoms with E-state index in [0.717, 1.165) is 10.6 Å². The maximum absolute atomic E-state index is 6.00. The molecule has 0 radical (unpaired) electrons. The standard InChI is InChI=1S/C13H12N2O2S/c1-2-13(10-4-3-5-14-8-10)16-9-11(17-13)12-15-6-7-18-12/h2-8,11H,1,9H2. The smallest absolute Gasteiger partial charge is 0.217 e. The van der Waals surface area contributed by atoms with E-state index in [-0.39, 0.29) is 6.10 Å². The molecule has 2 aromatic heterocycles. The van der Waals surface area contributed by atoms with Gasteiger partial charge in [0.2, 0.25) is 5.79 Å². The molecule has 1 fully saturated rings. The van der Waals surface area contributed by atoms with Gasteiger partial charge in [0.05, 0.1) is 6.61 Å². The lowest BCUT2D eigenvalue weighted by molar-refractivity contribution is -0.137. The minimum atomic E-state index is -0.912. The summed E-state index contributed by atoms with van der Waals surface area (Å²) in [5.74, 6) is -0.912. The summed E-state index contributed by atoms with van der Waals surface area (Å²) < 4.78 is 11.8. The summed E-state index contributed by atoms with van der Waals surface area (Å²) in [5.41, 5.74) is 0.846. The van der Waals surface area contributed by atoms with Gasteiger partial charge in [-0.2, -0.15) is 0 Å². The summed E-state index contributed by atoms with van der Waals surface area (Å²) in [6.45, 7) is 4.28. The quantitative estimate of drug-likeness (QED) is 0.796. The molecule has 0 spiro atoms. The van der Waals surface area contributed by atoms with Crippen molar-refractivity contribution < 1.29 is 9.47 Å². The molecule has 5 heteroatoms. The lowest BCUT2D eigenvalue weighted by Crippen LogP contribution is -2.24. The lowest BCUT2D eigenvalue weighted by Gasteiger charge is -2.23. The van der Waals surface area contributed by atoms with Gasteiger partial charge in [0.25, 0.3) is 0 Å². The van der Waals surface area contributed by atoms with Crippen molar-refractivity contribution >= 4 is 11.3 Å². The second kappa shape index (κ2) is 4.61. The molecule has 1 saturated heterocycles. The Labute approximate surface area is 109 Å². The molecule has 18 heavy (non-hydrogen) atoms. The predicted molar refractivity (Wildman–Crippen MR) is 68.0 cm³/mol. The normalized spacial score (nSPS) is 27.2. The number of pyridine rings is 1. The van der Waals surface area contributed by atoms with Crippen molar-refractivity contribution in [2.24, 2.45) is 0 Å². The van der Waals surface area contributed by atoms with E-state index in [9.17, 15) is 0 Å². The first-order chi connectivity index (χ1) is 8.84. The van der Waals surface area contributed by atoms with Gasteiger partial charge >= 0.3 is 0 Å². The first kappa shape index (κ1) is 11.5. The van der Waals surface area contributed by atoms with Gasteiger partial charge in [-0.05, 0) is 12.1 Å². The molecule has 2 aromatic rings. The fourth-order valence-corrected chi connectivity index (χ4v) is 2.59. The summed E-state index contributed by atoms with van der Waals surface area (Å²) in [4.78, 5) is 8.34. The third-order valence-corrected chi connectivity index (χ3v) is 3.69. The van der Waals surface area contributed by atoms with Crippen LogP contribution in [0.3, 0.4) is 0 Å². The van der Waals surface area contributed by atoms with Crippen LogP contribution in [0, 0.1) is 0 Å². The Bertz CT molecular complexity index is 529. The van der Waals surface area contributed by atoms with E-state index in [1.165, 1.54) is 0 Å². The van der Waals surface area contributed by atoms with Crippen LogP contribution < -0.4 is 0 Å². The van der Waals surface area contributed by atoms with Crippen LogP contribution in [0.15, 0.2) is 48.8 Å². The summed E-state index contributed by atoms with van der Waals surface area (Å²) in [6.07, 6.45) is 6.72. The molecule has 3 rings (SSSR count). The van der Waals surface area contributed by atoms with Crippen LogP contribution in [0.25, 0.3) is 0 Å². The predicted octanol–water partition coefficient (Wildman–Crippen LogP) is 2.67. The molecule has 3 heterocycles. The molecule has 2 atom stereocenters. The van der Waals surface area contributed by atoms with Crippen molar-refractivity contribution in [3.63, 3.8) is 0 Å². The fourth-order valence-electron chi connectivity index (χ4n) is 1.94. The highest BCUT2D eigenvalue weighted by Gasteiger charge is 2.42. The molecule has 1 aliphatic rings. The monoisotopic (exact) mass is 260 g/mol. The second-order valence-electron chi connectivity index (χ2n) is 3.90. The van der Waals surface area contributed by atoms with Crippen LogP contribution in [0.2, 0.25) is 0 Å². The van der Waals surface area contributed by atoms with E-state index in [0.29, 0.717) is 6.61 Å². The summed E-state index contributed by atoms with van der Waals surface area (Å²) in [7, 11) is 0. The van der Waals surface area contributed by atoms with Crippen LogP contribution in [0.4, 0.5) is 0 Å². The van der Waals surface area contributed by atoms with E-state index in [1.807, 2.05) is 17.5 Å². The van der Waals surface area contributed by atoms with Crippen molar-refractivity contribution in [3.05, 3.63) is 59.3 Å². The number of thiazole rings is 1. The molecule has 0 N–H and O–H groups in total. The first-order valence-corrected chi connectivity index (χ1v) is 6.47. The Balaban J connectivity index is 1.90. The Hall–Kier alpha value is -1.56. The first-order valence-electron chi connectivity index (χ1n) is 5.59. The van der Waals surface area contributed by atoms with Gasteiger partial charge in [0.15, 0.2) is 0 Å². The summed E-state index contributed by atoms with van der Waals surface area (Å²) >= 11 is 1.56. The number of rotatable bonds is 3. The molecule has 0 aliphatic carbocycles. The number of hydrogen-bond acceptors (Lipinski definition) is 5. The summed E-state index contributed by atoms with van der Waals surface area (Å²) in [5, 5.41) is 2.85. The Morgan fingerprint density at radius 3 is 3.11 bits per heavy atom. The average Bonchev–Trinajstić information content (AvgIpc) is 3.09. The van der Waals surface area contributed by atoms with Crippen molar-refractivity contribution in [1.29, 1.82) is 0 Å². The van der Waals surface area contributed by atoms with Gasteiger partial charge in [0, 0.05) is 29.5 Å². The lowest BCUT2D eigenvalue weighted by atomic mass is 10.1. The molecule has 4 nitrogen and oxygen atoms in total. The van der Waals surface area contributed by atoms with Crippen molar-refractivity contribution in [2.75, 3.05) is 6.61 Å². The van der Waals surface area contributed by atoms with Crippen molar-refractivity contribution in [1.82, 2.24) is 9.97 Å². The van der Waals surface area contributed by atoms with E-state index >= 15 is 0 Å². The molecule has 1 aliphatic heterocycles. The molecule has 0 bridgehead atoms. The molecular formula is C13H12N2O2S. The molecule has 92 valence electrons. The van der Waals surface area contributed by atoms with Crippen molar-refractivity contribution in [3.8, 4) is 0 Å². The maximum Gasteiger partial charge on any atom is 0.217 e. The molecule has 0 saturated carbocycles. The van der Waals surface area contributed by atoms with E-state index in [2.05, 4.69) is 16.5 Å². The zero-order valence-corrected chi connectivity index (χ0v) is 10.5.